The van der Waals surface area contributed by atoms with Crippen molar-refractivity contribution in [2.75, 3.05) is 4.90 Å². The number of anilines is 3. The Kier molecular flexibility index (Phi) is 7.18. The van der Waals surface area contributed by atoms with Gasteiger partial charge in [-0.3, -0.25) is 0 Å². The average molecular weight is 664 g/mol. The molecule has 1 aromatic heterocycles. The molecule has 2 nitrogen and oxygen atoms in total. The van der Waals surface area contributed by atoms with Crippen LogP contribution in [0.25, 0.3) is 76.9 Å². The predicted octanol–water partition coefficient (Wildman–Crippen LogP) is 14.4. The molecule has 0 fully saturated rings. The third-order valence-electron chi connectivity index (χ3n) is 10.3. The topological polar surface area (TPSA) is 16.4 Å². The normalized spacial score (nSPS) is 11.5. The van der Waals surface area contributed by atoms with Gasteiger partial charge in [0.15, 0.2) is 0 Å². The highest BCUT2D eigenvalue weighted by Gasteiger charge is 2.22. The molecule has 244 valence electrons. The molecule has 0 amide bonds. The van der Waals surface area contributed by atoms with Crippen molar-refractivity contribution in [1.82, 2.24) is 0 Å². The van der Waals surface area contributed by atoms with E-state index in [0.717, 1.165) is 50.1 Å². The van der Waals surface area contributed by atoms with Crippen molar-refractivity contribution in [2.24, 2.45) is 0 Å². The Morgan fingerprint density at radius 2 is 0.942 bits per heavy atom. The van der Waals surface area contributed by atoms with Crippen molar-refractivity contribution in [3.05, 3.63) is 200 Å². The first-order valence-corrected chi connectivity index (χ1v) is 17.8. The smallest absolute Gasteiger partial charge is 0.137 e. The number of nitrogens with zero attached hydrogens (tertiary/aromatic N) is 1. The number of para-hydroxylation sites is 2. The third kappa shape index (κ3) is 5.12. The summed E-state index contributed by atoms with van der Waals surface area (Å²) in [6.07, 6.45) is 0. The molecule has 0 saturated carbocycles. The molecule has 0 unspecified atom stereocenters. The molecule has 9 aromatic carbocycles. The van der Waals surface area contributed by atoms with E-state index in [1.54, 1.807) is 0 Å². The van der Waals surface area contributed by atoms with Crippen LogP contribution in [-0.2, 0) is 0 Å². The Hall–Kier alpha value is -6.90. The summed E-state index contributed by atoms with van der Waals surface area (Å²) in [4.78, 5) is 2.41. The Morgan fingerprint density at radius 3 is 1.85 bits per heavy atom. The highest BCUT2D eigenvalue weighted by molar-refractivity contribution is 6.14. The molecule has 0 aliphatic rings. The molecule has 2 heteroatoms. The van der Waals surface area contributed by atoms with Gasteiger partial charge in [0.2, 0.25) is 0 Å². The molecule has 0 aliphatic carbocycles. The van der Waals surface area contributed by atoms with E-state index in [1.807, 2.05) is 6.07 Å². The van der Waals surface area contributed by atoms with Crippen LogP contribution in [0.1, 0.15) is 0 Å². The van der Waals surface area contributed by atoms with Crippen LogP contribution in [0.4, 0.5) is 17.1 Å². The van der Waals surface area contributed by atoms with Crippen LogP contribution in [0.3, 0.4) is 0 Å². The van der Waals surface area contributed by atoms with E-state index in [0.29, 0.717) is 0 Å². The Morgan fingerprint density at radius 1 is 0.327 bits per heavy atom. The van der Waals surface area contributed by atoms with Gasteiger partial charge in [0.05, 0.1) is 16.8 Å². The largest absolute Gasteiger partial charge is 0.456 e. The molecule has 52 heavy (non-hydrogen) atoms. The minimum absolute atomic E-state index is 0.867. The highest BCUT2D eigenvalue weighted by Crippen LogP contribution is 2.46. The molecule has 0 aliphatic heterocycles. The Labute approximate surface area is 302 Å². The maximum Gasteiger partial charge on any atom is 0.137 e. The molecule has 0 N–H and O–H groups in total. The number of hydrogen-bond acceptors (Lipinski definition) is 2. The van der Waals surface area contributed by atoms with E-state index < -0.39 is 0 Å². The van der Waals surface area contributed by atoms with Crippen LogP contribution in [0.5, 0.6) is 0 Å². The van der Waals surface area contributed by atoms with E-state index in [9.17, 15) is 0 Å². The lowest BCUT2D eigenvalue weighted by Crippen LogP contribution is -2.11. The second-order valence-corrected chi connectivity index (χ2v) is 13.3. The number of furan rings is 1. The number of fused-ring (bicyclic) bond motifs is 5. The predicted molar refractivity (Wildman–Crippen MR) is 220 cm³/mol. The summed E-state index contributed by atoms with van der Waals surface area (Å²) < 4.78 is 6.43. The minimum Gasteiger partial charge on any atom is -0.456 e. The van der Waals surface area contributed by atoms with Gasteiger partial charge in [0, 0.05) is 16.6 Å². The van der Waals surface area contributed by atoms with Gasteiger partial charge in [-0.25, -0.2) is 0 Å². The first kappa shape index (κ1) is 30.0. The van der Waals surface area contributed by atoms with Crippen LogP contribution in [0.2, 0.25) is 0 Å². The van der Waals surface area contributed by atoms with Gasteiger partial charge >= 0.3 is 0 Å². The van der Waals surface area contributed by atoms with Crippen LogP contribution < -0.4 is 4.90 Å². The number of hydrogen-bond donors (Lipinski definition) is 0. The van der Waals surface area contributed by atoms with Gasteiger partial charge in [-0.1, -0.05) is 158 Å². The second kappa shape index (κ2) is 12.5. The summed E-state index contributed by atoms with van der Waals surface area (Å²) >= 11 is 0. The van der Waals surface area contributed by atoms with Gasteiger partial charge in [-0.2, -0.15) is 0 Å². The van der Waals surface area contributed by atoms with Crippen molar-refractivity contribution in [1.29, 1.82) is 0 Å². The quantitative estimate of drug-likeness (QED) is 0.176. The lowest BCUT2D eigenvalue weighted by molar-refractivity contribution is 0.669. The van der Waals surface area contributed by atoms with Gasteiger partial charge in [0.25, 0.3) is 0 Å². The summed E-state index contributed by atoms with van der Waals surface area (Å²) in [6.45, 7) is 0. The maximum absolute atomic E-state index is 6.43. The maximum atomic E-state index is 6.43. The molecule has 0 atom stereocenters. The van der Waals surface area contributed by atoms with E-state index >= 15 is 0 Å². The zero-order valence-corrected chi connectivity index (χ0v) is 28.4. The van der Waals surface area contributed by atoms with Crippen molar-refractivity contribution in [3.63, 3.8) is 0 Å². The number of benzene rings is 9. The van der Waals surface area contributed by atoms with Crippen molar-refractivity contribution < 1.29 is 4.42 Å². The van der Waals surface area contributed by atoms with Crippen molar-refractivity contribution in [2.45, 2.75) is 0 Å². The zero-order valence-electron chi connectivity index (χ0n) is 28.4. The third-order valence-corrected chi connectivity index (χ3v) is 10.3. The fourth-order valence-corrected chi connectivity index (χ4v) is 7.76. The molecule has 0 bridgehead atoms. The van der Waals surface area contributed by atoms with Crippen molar-refractivity contribution in [3.8, 4) is 33.4 Å². The monoisotopic (exact) mass is 663 g/mol. The lowest BCUT2D eigenvalue weighted by Gasteiger charge is -2.29. The summed E-state index contributed by atoms with van der Waals surface area (Å²) in [5.41, 5.74) is 12.1. The van der Waals surface area contributed by atoms with Crippen LogP contribution in [-0.4, -0.2) is 0 Å². The molecule has 0 spiro atoms. The molecule has 1 heterocycles. The average Bonchev–Trinajstić information content (AvgIpc) is 3.60. The standard InChI is InChI=1S/C50H33NO/c1-2-14-38-32-39(31-28-34(38)12-1)35-26-29-37(30-27-35)44-19-5-7-22-46(44)51(47-23-11-25-49-50(47)45-20-6-8-24-48(45)52-49)41-17-9-16-40(33-41)43-21-10-15-36-13-3-4-18-42(36)43/h1-33H. The summed E-state index contributed by atoms with van der Waals surface area (Å²) in [5.74, 6) is 0. The highest BCUT2D eigenvalue weighted by atomic mass is 16.3. The SMILES string of the molecule is c1cc(-c2cccc3ccccc23)cc(N(c2ccccc2-c2ccc(-c3ccc4ccccc4c3)cc2)c2cccc3oc4ccccc4c23)c1. The summed E-state index contributed by atoms with van der Waals surface area (Å²) in [6, 6.07) is 71.8. The zero-order chi connectivity index (χ0) is 34.4. The van der Waals surface area contributed by atoms with E-state index in [4.69, 9.17) is 4.42 Å². The van der Waals surface area contributed by atoms with Gasteiger partial charge in [-0.15, -0.1) is 0 Å². The summed E-state index contributed by atoms with van der Waals surface area (Å²) in [5, 5.41) is 7.16. The van der Waals surface area contributed by atoms with E-state index in [2.05, 4.69) is 199 Å². The van der Waals surface area contributed by atoms with E-state index in [-0.39, 0.29) is 0 Å². The first-order valence-electron chi connectivity index (χ1n) is 17.8. The number of rotatable bonds is 6. The van der Waals surface area contributed by atoms with Gasteiger partial charge in [0.1, 0.15) is 11.2 Å². The fourth-order valence-electron chi connectivity index (χ4n) is 7.76. The van der Waals surface area contributed by atoms with E-state index in [1.165, 1.54) is 43.8 Å². The van der Waals surface area contributed by atoms with Crippen LogP contribution >= 0.6 is 0 Å². The van der Waals surface area contributed by atoms with Crippen molar-refractivity contribution >= 4 is 60.5 Å². The molecule has 0 saturated heterocycles. The van der Waals surface area contributed by atoms with Gasteiger partial charge in [-0.05, 0) is 91.8 Å². The van der Waals surface area contributed by atoms with Crippen LogP contribution in [0.15, 0.2) is 205 Å². The molecule has 10 rings (SSSR count). The second-order valence-electron chi connectivity index (χ2n) is 13.3. The Bertz CT molecular complexity index is 2910. The molecular formula is C50H33NO. The summed E-state index contributed by atoms with van der Waals surface area (Å²) in [7, 11) is 0. The first-order chi connectivity index (χ1) is 25.8. The van der Waals surface area contributed by atoms with Crippen LogP contribution in [0, 0.1) is 0 Å². The minimum atomic E-state index is 0.867. The molecule has 0 radical (unpaired) electrons. The van der Waals surface area contributed by atoms with Gasteiger partial charge < -0.3 is 9.32 Å². The lowest BCUT2D eigenvalue weighted by atomic mass is 9.96. The molecule has 10 aromatic rings. The molecular weight excluding hydrogens is 631 g/mol. The fraction of sp³-hybridized carbons (Fsp3) is 0. The Balaban J connectivity index is 1.16.